The fourth-order valence-electron chi connectivity index (χ4n) is 5.59. The normalized spacial score (nSPS) is 21.3. The Morgan fingerprint density at radius 2 is 1.41 bits per heavy atom. The SMILES string of the molecule is CCC1=[C]([Hf]2([CH]3c4ccccc4-c4ccccc43)[CH2][CH2]2)C(CC)C=C1.Cl.Cl. The van der Waals surface area contributed by atoms with Crippen molar-refractivity contribution in [2.24, 2.45) is 5.92 Å². The van der Waals surface area contributed by atoms with E-state index in [1.165, 1.54) is 24.0 Å². The maximum absolute atomic E-state index is 2.53. The quantitative estimate of drug-likeness (QED) is 0.331. The van der Waals surface area contributed by atoms with Gasteiger partial charge >= 0.3 is 156 Å². The third-order valence-electron chi connectivity index (χ3n) is 6.78. The van der Waals surface area contributed by atoms with E-state index in [1.807, 2.05) is 3.33 Å². The van der Waals surface area contributed by atoms with Crippen molar-refractivity contribution in [1.82, 2.24) is 0 Å². The van der Waals surface area contributed by atoms with Gasteiger partial charge in [-0.25, -0.2) is 0 Å². The molecule has 2 aliphatic carbocycles. The van der Waals surface area contributed by atoms with Gasteiger partial charge in [0.2, 0.25) is 0 Å². The molecule has 0 amide bonds. The van der Waals surface area contributed by atoms with E-state index in [1.54, 1.807) is 25.1 Å². The maximum atomic E-state index is 2.53. The third kappa shape index (κ3) is 3.05. The van der Waals surface area contributed by atoms with E-state index in [2.05, 4.69) is 74.5 Å². The topological polar surface area (TPSA) is 0 Å². The molecule has 3 aliphatic rings. The summed E-state index contributed by atoms with van der Waals surface area (Å²) in [6.07, 6.45) is 7.52. The number of hydrogen-bond donors (Lipinski definition) is 0. The van der Waals surface area contributed by atoms with Gasteiger partial charge in [0.15, 0.2) is 0 Å². The number of rotatable bonds is 4. The summed E-state index contributed by atoms with van der Waals surface area (Å²) in [5, 5.41) is 0. The molecule has 1 aliphatic heterocycles. The number of hydrogen-bond acceptors (Lipinski definition) is 0. The molecule has 5 rings (SSSR count). The van der Waals surface area contributed by atoms with Gasteiger partial charge < -0.3 is 0 Å². The average molecular weight is 566 g/mol. The Morgan fingerprint density at radius 3 is 1.89 bits per heavy atom. The van der Waals surface area contributed by atoms with Crippen molar-refractivity contribution in [2.45, 2.75) is 38.7 Å². The summed E-state index contributed by atoms with van der Waals surface area (Å²) in [7, 11) is 0. The molecule has 1 saturated heterocycles. The minimum absolute atomic E-state index is 0. The van der Waals surface area contributed by atoms with E-state index in [0.29, 0.717) is 0 Å². The molecular formula is C24H28Cl2Hf. The van der Waals surface area contributed by atoms with E-state index < -0.39 is 20.0 Å². The molecule has 0 N–H and O–H groups in total. The van der Waals surface area contributed by atoms with Gasteiger partial charge in [0.25, 0.3) is 0 Å². The summed E-state index contributed by atoms with van der Waals surface area (Å²) >= 11 is -2.52. The number of allylic oxidation sites excluding steroid dienone is 4. The van der Waals surface area contributed by atoms with Gasteiger partial charge in [-0.3, -0.25) is 0 Å². The zero-order chi connectivity index (χ0) is 17.0. The molecule has 0 nitrogen and oxygen atoms in total. The molecule has 0 radical (unpaired) electrons. The molecule has 0 bridgehead atoms. The van der Waals surface area contributed by atoms with Gasteiger partial charge in [-0.15, -0.1) is 24.8 Å². The van der Waals surface area contributed by atoms with E-state index in [-0.39, 0.29) is 24.8 Å². The number of halogens is 2. The van der Waals surface area contributed by atoms with Crippen molar-refractivity contribution in [2.75, 3.05) is 0 Å². The monoisotopic (exact) mass is 566 g/mol. The minimum Gasteiger partial charge on any atom is -0.147 e. The van der Waals surface area contributed by atoms with Crippen LogP contribution < -0.4 is 0 Å². The maximum Gasteiger partial charge on any atom is -0.147 e. The van der Waals surface area contributed by atoms with E-state index >= 15 is 0 Å². The van der Waals surface area contributed by atoms with Crippen LogP contribution in [0.5, 0.6) is 0 Å². The molecule has 1 atom stereocenters. The second-order valence-electron chi connectivity index (χ2n) is 7.93. The predicted molar refractivity (Wildman–Crippen MR) is 118 cm³/mol. The number of fused-ring (bicyclic) bond motifs is 3. The summed E-state index contributed by atoms with van der Waals surface area (Å²) in [6, 6.07) is 18.6. The molecule has 27 heavy (non-hydrogen) atoms. The van der Waals surface area contributed by atoms with Crippen molar-refractivity contribution in [3.05, 3.63) is 80.7 Å². The molecule has 1 fully saturated rings. The second kappa shape index (κ2) is 8.01. The first kappa shape index (κ1) is 21.1. The summed E-state index contributed by atoms with van der Waals surface area (Å²) in [4.78, 5) is 0. The van der Waals surface area contributed by atoms with Gasteiger partial charge in [0.05, 0.1) is 0 Å². The predicted octanol–water partition coefficient (Wildman–Crippen LogP) is 7.86. The second-order valence-corrected chi connectivity index (χ2v) is 23.8. The fraction of sp³-hybridized carbons (Fsp3) is 0.333. The van der Waals surface area contributed by atoms with Gasteiger partial charge in [-0.05, 0) is 0 Å². The molecule has 0 saturated carbocycles. The summed E-state index contributed by atoms with van der Waals surface area (Å²) < 4.78 is 5.90. The first-order chi connectivity index (χ1) is 12.3. The Kier molecular flexibility index (Phi) is 6.26. The minimum atomic E-state index is -2.52. The molecule has 1 heterocycles. The first-order valence-electron chi connectivity index (χ1n) is 9.90. The first-order valence-corrected chi connectivity index (χ1v) is 18.8. The zero-order valence-corrected chi connectivity index (χ0v) is 21.3. The van der Waals surface area contributed by atoms with Crippen molar-refractivity contribution < 1.29 is 20.0 Å². The van der Waals surface area contributed by atoms with Crippen molar-refractivity contribution >= 4 is 24.8 Å². The van der Waals surface area contributed by atoms with Crippen LogP contribution in [0.3, 0.4) is 0 Å². The standard InChI is InChI=1S/C13H9.C9H13.C2H4.2ClH.Hf/c1-3-7-12-10(5-1)9-11-6-2-4-8-13(11)12;1-3-8-5-6-9(4-2)7-8;1-2;;;/h1-9H;5-6,8H,3-4H2,1-2H3;1-2H2;2*1H;. The smallest absolute Gasteiger partial charge is 0.147 e. The van der Waals surface area contributed by atoms with Gasteiger partial charge in [-0.2, -0.15) is 0 Å². The van der Waals surface area contributed by atoms with Crippen LogP contribution in [0.4, 0.5) is 0 Å². The van der Waals surface area contributed by atoms with Crippen LogP contribution in [0.25, 0.3) is 11.1 Å². The Morgan fingerprint density at radius 1 is 0.852 bits per heavy atom. The van der Waals surface area contributed by atoms with Crippen molar-refractivity contribution in [1.29, 1.82) is 0 Å². The third-order valence-corrected chi connectivity index (χ3v) is 25.0. The van der Waals surface area contributed by atoms with Gasteiger partial charge in [0.1, 0.15) is 0 Å². The Labute approximate surface area is 180 Å². The summed E-state index contributed by atoms with van der Waals surface area (Å²) in [5.74, 6) is 0.749. The fourth-order valence-corrected chi connectivity index (χ4v) is 32.7. The Hall–Kier alpha value is -0.630. The molecular weight excluding hydrogens is 538 g/mol. The zero-order valence-electron chi connectivity index (χ0n) is 16.1. The molecule has 3 heteroatoms. The van der Waals surface area contributed by atoms with Crippen LogP contribution in [0, 0.1) is 5.92 Å². The van der Waals surface area contributed by atoms with Crippen LogP contribution in [0.15, 0.2) is 69.6 Å². The van der Waals surface area contributed by atoms with Crippen molar-refractivity contribution in [3.63, 3.8) is 0 Å². The van der Waals surface area contributed by atoms with E-state index in [4.69, 9.17) is 0 Å². The van der Waals surface area contributed by atoms with Crippen LogP contribution in [0.1, 0.15) is 41.5 Å². The van der Waals surface area contributed by atoms with Crippen LogP contribution in [-0.2, 0) is 20.0 Å². The molecule has 2 aromatic carbocycles. The van der Waals surface area contributed by atoms with Crippen LogP contribution in [-0.4, -0.2) is 0 Å². The van der Waals surface area contributed by atoms with Crippen LogP contribution >= 0.6 is 24.8 Å². The van der Waals surface area contributed by atoms with Crippen LogP contribution in [0.2, 0.25) is 8.35 Å². The number of benzene rings is 2. The molecule has 0 spiro atoms. The summed E-state index contributed by atoms with van der Waals surface area (Å²) in [5.41, 5.74) is 8.08. The van der Waals surface area contributed by atoms with Gasteiger partial charge in [-0.1, -0.05) is 0 Å². The van der Waals surface area contributed by atoms with Crippen molar-refractivity contribution in [3.8, 4) is 11.1 Å². The average Bonchev–Trinajstić information content (AvgIpc) is 3.21. The Bertz CT molecular complexity index is 863. The molecule has 0 aromatic heterocycles. The van der Waals surface area contributed by atoms with E-state index in [9.17, 15) is 0 Å². The largest absolute Gasteiger partial charge is 0.147 e. The summed E-state index contributed by atoms with van der Waals surface area (Å²) in [6.45, 7) is 4.74. The molecule has 2 aromatic rings. The Balaban J connectivity index is 0.00000105. The van der Waals surface area contributed by atoms with Gasteiger partial charge in [0, 0.05) is 0 Å². The van der Waals surface area contributed by atoms with E-state index in [0.717, 1.165) is 9.59 Å². The molecule has 142 valence electrons. The molecule has 1 unspecified atom stereocenters.